The Morgan fingerprint density at radius 1 is 1.31 bits per heavy atom. The number of rotatable bonds is 5. The molecule has 2 aromatic heterocycles. The van der Waals surface area contributed by atoms with Crippen molar-refractivity contribution in [2.45, 2.75) is 37.3 Å². The van der Waals surface area contributed by atoms with Gasteiger partial charge in [0.2, 0.25) is 5.91 Å². The topological polar surface area (TPSA) is 54.9 Å². The van der Waals surface area contributed by atoms with E-state index >= 15 is 0 Å². The Morgan fingerprint density at radius 2 is 2.12 bits per heavy atom. The number of aromatic nitrogens is 2. The zero-order chi connectivity index (χ0) is 18.1. The normalized spacial score (nSPS) is 14.4. The Morgan fingerprint density at radius 3 is 2.92 bits per heavy atom. The number of halogens is 1. The van der Waals surface area contributed by atoms with E-state index in [1.807, 2.05) is 31.2 Å². The average molecular weight is 404 g/mol. The highest BCUT2D eigenvalue weighted by atomic mass is 35.5. The molecule has 26 heavy (non-hydrogen) atoms. The maximum Gasteiger partial charge on any atom is 0.230 e. The third-order valence-corrected chi connectivity index (χ3v) is 7.00. The van der Waals surface area contributed by atoms with Crippen molar-refractivity contribution >= 4 is 50.8 Å². The monoisotopic (exact) mass is 403 g/mol. The van der Waals surface area contributed by atoms with Crippen molar-refractivity contribution in [1.29, 1.82) is 0 Å². The van der Waals surface area contributed by atoms with E-state index in [9.17, 15) is 4.79 Å². The highest BCUT2D eigenvalue weighted by Gasteiger charge is 2.21. The van der Waals surface area contributed by atoms with E-state index in [1.165, 1.54) is 28.6 Å². The smallest absolute Gasteiger partial charge is 0.230 e. The van der Waals surface area contributed by atoms with Crippen LogP contribution in [0, 0.1) is 0 Å². The summed E-state index contributed by atoms with van der Waals surface area (Å²) in [6.45, 7) is 1.97. The molecule has 4 rings (SSSR count). The summed E-state index contributed by atoms with van der Waals surface area (Å²) in [5.41, 5.74) is 2.43. The molecule has 0 saturated heterocycles. The summed E-state index contributed by atoms with van der Waals surface area (Å²) in [6.07, 6.45) is 5.04. The lowest BCUT2D eigenvalue weighted by atomic mass is 10.1. The number of thioether (sulfide) groups is 1. The zero-order valence-electron chi connectivity index (χ0n) is 14.3. The number of benzene rings is 1. The molecule has 0 spiro atoms. The molecule has 1 atom stereocenters. The van der Waals surface area contributed by atoms with Gasteiger partial charge in [0.15, 0.2) is 0 Å². The Hall–Kier alpha value is -1.63. The van der Waals surface area contributed by atoms with Crippen LogP contribution in [0.3, 0.4) is 0 Å². The van der Waals surface area contributed by atoms with Crippen LogP contribution in [0.15, 0.2) is 35.6 Å². The molecule has 1 aliphatic carbocycles. The minimum atomic E-state index is -0.0591. The molecule has 0 bridgehead atoms. The predicted octanol–water partition coefficient (Wildman–Crippen LogP) is 4.80. The molecule has 0 radical (unpaired) electrons. The first-order chi connectivity index (χ1) is 12.6. The Kier molecular flexibility index (Phi) is 5.16. The third-order valence-electron chi connectivity index (χ3n) is 4.55. The van der Waals surface area contributed by atoms with Gasteiger partial charge < -0.3 is 5.32 Å². The first-order valence-corrected chi connectivity index (χ1v) is 10.7. The summed E-state index contributed by atoms with van der Waals surface area (Å²) in [5.74, 6) is 0.338. The van der Waals surface area contributed by atoms with Gasteiger partial charge in [0.05, 0.1) is 11.8 Å². The van der Waals surface area contributed by atoms with Gasteiger partial charge in [0.25, 0.3) is 0 Å². The largest absolute Gasteiger partial charge is 0.349 e. The summed E-state index contributed by atoms with van der Waals surface area (Å²) < 4.78 is 0. The van der Waals surface area contributed by atoms with Crippen molar-refractivity contribution in [3.05, 3.63) is 51.6 Å². The molecule has 134 valence electrons. The van der Waals surface area contributed by atoms with Crippen LogP contribution in [0.2, 0.25) is 5.02 Å². The van der Waals surface area contributed by atoms with Gasteiger partial charge in [-0.05, 0) is 49.4 Å². The van der Waals surface area contributed by atoms with Gasteiger partial charge in [-0.25, -0.2) is 9.97 Å². The van der Waals surface area contributed by atoms with Crippen molar-refractivity contribution in [3.8, 4) is 0 Å². The van der Waals surface area contributed by atoms with Crippen molar-refractivity contribution in [1.82, 2.24) is 15.3 Å². The lowest BCUT2D eigenvalue weighted by Crippen LogP contribution is -2.28. The number of aryl methyl sites for hydroxylation is 2. The fourth-order valence-electron chi connectivity index (χ4n) is 3.26. The molecule has 0 fully saturated rings. The van der Waals surface area contributed by atoms with Crippen LogP contribution in [-0.2, 0) is 17.6 Å². The minimum Gasteiger partial charge on any atom is -0.349 e. The lowest BCUT2D eigenvalue weighted by Gasteiger charge is -2.14. The van der Waals surface area contributed by atoms with Gasteiger partial charge in [-0.2, -0.15) is 0 Å². The quantitative estimate of drug-likeness (QED) is 0.491. The maximum atomic E-state index is 12.4. The first-order valence-electron chi connectivity index (χ1n) is 8.54. The molecule has 1 aromatic carbocycles. The van der Waals surface area contributed by atoms with Crippen LogP contribution in [0.4, 0.5) is 0 Å². The molecule has 1 amide bonds. The van der Waals surface area contributed by atoms with Gasteiger partial charge in [-0.3, -0.25) is 4.79 Å². The molecule has 1 aliphatic rings. The molecule has 2 heterocycles. The Labute approximate surface area is 165 Å². The summed E-state index contributed by atoms with van der Waals surface area (Å²) >= 11 is 9.18. The predicted molar refractivity (Wildman–Crippen MR) is 108 cm³/mol. The summed E-state index contributed by atoms with van der Waals surface area (Å²) in [6, 6.07) is 7.48. The van der Waals surface area contributed by atoms with Crippen LogP contribution in [-0.4, -0.2) is 21.6 Å². The first kappa shape index (κ1) is 17.8. The van der Waals surface area contributed by atoms with Crippen LogP contribution in [0.5, 0.6) is 0 Å². The van der Waals surface area contributed by atoms with Crippen molar-refractivity contribution in [2.24, 2.45) is 0 Å². The molecule has 0 unspecified atom stereocenters. The second-order valence-corrected chi connectivity index (χ2v) is 8.83. The molecular weight excluding hydrogens is 386 g/mol. The van der Waals surface area contributed by atoms with Gasteiger partial charge >= 0.3 is 0 Å². The second kappa shape index (κ2) is 7.55. The maximum absolute atomic E-state index is 12.4. The SMILES string of the molecule is C[C@@H](NC(=O)CSc1ncnc2sc3c(c12)CCC3)c1ccc(Cl)cc1. The number of carbonyl (C=O) groups excluding carboxylic acids is 1. The minimum absolute atomic E-state index is 0.00362. The Balaban J connectivity index is 1.43. The van der Waals surface area contributed by atoms with Gasteiger partial charge in [-0.15, -0.1) is 11.3 Å². The number of amides is 1. The van der Waals surface area contributed by atoms with Crippen LogP contribution in [0.25, 0.3) is 10.2 Å². The van der Waals surface area contributed by atoms with Crippen molar-refractivity contribution in [3.63, 3.8) is 0 Å². The zero-order valence-corrected chi connectivity index (χ0v) is 16.7. The highest BCUT2D eigenvalue weighted by Crippen LogP contribution is 2.39. The number of thiophene rings is 1. The highest BCUT2D eigenvalue weighted by molar-refractivity contribution is 8.00. The van der Waals surface area contributed by atoms with E-state index in [1.54, 1.807) is 17.7 Å². The fourth-order valence-corrected chi connectivity index (χ4v) is 5.52. The van der Waals surface area contributed by atoms with E-state index in [0.717, 1.165) is 33.6 Å². The van der Waals surface area contributed by atoms with Gasteiger partial charge in [0, 0.05) is 15.3 Å². The van der Waals surface area contributed by atoms with Gasteiger partial charge in [-0.1, -0.05) is 35.5 Å². The average Bonchev–Trinajstić information content (AvgIpc) is 3.21. The molecule has 0 aliphatic heterocycles. The third kappa shape index (κ3) is 3.59. The fraction of sp³-hybridized carbons (Fsp3) is 0.316. The number of fused-ring (bicyclic) bond motifs is 3. The standard InChI is InChI=1S/C19H18ClN3OS2/c1-11(12-5-7-13(20)8-6-12)23-16(24)9-25-18-17-14-3-2-4-15(14)26-19(17)22-10-21-18/h5-8,10-11H,2-4,9H2,1H3,(H,23,24)/t11-/m1/s1. The number of nitrogens with one attached hydrogen (secondary N) is 1. The molecule has 7 heteroatoms. The number of hydrogen-bond acceptors (Lipinski definition) is 5. The molecular formula is C19H18ClN3OS2. The Bertz CT molecular complexity index is 955. The van der Waals surface area contributed by atoms with Gasteiger partial charge in [0.1, 0.15) is 16.2 Å². The van der Waals surface area contributed by atoms with E-state index in [4.69, 9.17) is 11.6 Å². The van der Waals surface area contributed by atoms with Crippen LogP contribution in [0.1, 0.15) is 35.4 Å². The van der Waals surface area contributed by atoms with E-state index in [-0.39, 0.29) is 11.9 Å². The number of nitrogens with zero attached hydrogens (tertiary/aromatic N) is 2. The van der Waals surface area contributed by atoms with Crippen molar-refractivity contribution < 1.29 is 4.79 Å². The summed E-state index contributed by atoms with van der Waals surface area (Å²) in [7, 11) is 0. The van der Waals surface area contributed by atoms with Crippen molar-refractivity contribution in [2.75, 3.05) is 5.75 Å². The van der Waals surface area contributed by atoms with E-state index in [2.05, 4.69) is 15.3 Å². The molecule has 0 saturated carbocycles. The lowest BCUT2D eigenvalue weighted by molar-refractivity contribution is -0.119. The van der Waals surface area contributed by atoms with Crippen LogP contribution < -0.4 is 5.32 Å². The number of carbonyl (C=O) groups is 1. The van der Waals surface area contributed by atoms with E-state index < -0.39 is 0 Å². The summed E-state index contributed by atoms with van der Waals surface area (Å²) in [4.78, 5) is 23.7. The number of hydrogen-bond donors (Lipinski definition) is 1. The molecule has 1 N–H and O–H groups in total. The molecule has 3 aromatic rings. The van der Waals surface area contributed by atoms with E-state index in [0.29, 0.717) is 10.8 Å². The van der Waals surface area contributed by atoms with Crippen LogP contribution >= 0.6 is 34.7 Å². The second-order valence-electron chi connectivity index (χ2n) is 6.35. The molecule has 4 nitrogen and oxygen atoms in total. The summed E-state index contributed by atoms with van der Waals surface area (Å²) in [5, 5.41) is 5.81.